The molecule has 1 saturated heterocycles. The van der Waals surface area contributed by atoms with Gasteiger partial charge in [0.1, 0.15) is 0 Å². The van der Waals surface area contributed by atoms with Gasteiger partial charge < -0.3 is 25.0 Å². The Hall–Kier alpha value is -0.610. The maximum atomic E-state index is 11.5. The van der Waals surface area contributed by atoms with Crippen molar-refractivity contribution in [3.8, 4) is 0 Å². The van der Waals surface area contributed by atoms with Gasteiger partial charge in [0.25, 0.3) is 0 Å². The van der Waals surface area contributed by atoms with E-state index in [1.54, 1.807) is 19.0 Å². The number of carbonyl (C=O) groups is 1. The van der Waals surface area contributed by atoms with Crippen molar-refractivity contribution in [2.75, 3.05) is 60.2 Å². The van der Waals surface area contributed by atoms with Crippen molar-refractivity contribution in [3.63, 3.8) is 0 Å². The van der Waals surface area contributed by atoms with Gasteiger partial charge in [0.05, 0.1) is 0 Å². The van der Waals surface area contributed by atoms with Crippen molar-refractivity contribution in [1.29, 1.82) is 0 Å². The van der Waals surface area contributed by atoms with Gasteiger partial charge in [-0.05, 0) is 32.1 Å². The third-order valence-electron chi connectivity index (χ3n) is 3.89. The molecule has 0 aromatic rings. The largest absolute Gasteiger partial charge is 0.381 e. The van der Waals surface area contributed by atoms with Crippen LogP contribution in [-0.2, 0) is 14.3 Å². The van der Waals surface area contributed by atoms with Crippen LogP contribution in [0.1, 0.15) is 32.6 Å². The fourth-order valence-corrected chi connectivity index (χ4v) is 2.37. The Balaban J connectivity index is 0.00000576. The predicted octanol–water partition coefficient (Wildman–Crippen LogP) is 1.47. The Morgan fingerprint density at radius 1 is 1.28 bits per heavy atom. The third-order valence-corrected chi connectivity index (χ3v) is 3.89. The number of nitrogens with zero attached hydrogens (tertiary/aromatic N) is 2. The molecule has 0 spiro atoms. The molecular formula is C17H35IN4O3. The van der Waals surface area contributed by atoms with E-state index in [0.717, 1.165) is 58.2 Å². The smallest absolute Gasteiger partial charge is 0.223 e. The molecule has 1 heterocycles. The second kappa shape index (κ2) is 15.6. The molecule has 1 aliphatic heterocycles. The van der Waals surface area contributed by atoms with Crippen LogP contribution in [0.25, 0.3) is 0 Å². The Kier molecular flexibility index (Phi) is 15.2. The summed E-state index contributed by atoms with van der Waals surface area (Å²) in [4.78, 5) is 17.7. The summed E-state index contributed by atoms with van der Waals surface area (Å²) in [6, 6.07) is 0. The van der Waals surface area contributed by atoms with Crippen molar-refractivity contribution in [1.82, 2.24) is 15.5 Å². The molecule has 2 N–H and O–H groups in total. The zero-order valence-electron chi connectivity index (χ0n) is 15.9. The summed E-state index contributed by atoms with van der Waals surface area (Å²) in [6.07, 6.45) is 3.58. The fraction of sp³-hybridized carbons (Fsp3) is 0.882. The van der Waals surface area contributed by atoms with Gasteiger partial charge >= 0.3 is 0 Å². The summed E-state index contributed by atoms with van der Waals surface area (Å²) in [5, 5.41) is 6.37. The number of amides is 1. The Labute approximate surface area is 169 Å². The second-order valence-corrected chi connectivity index (χ2v) is 6.21. The van der Waals surface area contributed by atoms with Crippen molar-refractivity contribution >= 4 is 35.8 Å². The predicted molar refractivity (Wildman–Crippen MR) is 112 cm³/mol. The first-order valence-electron chi connectivity index (χ1n) is 9.01. The fourth-order valence-electron chi connectivity index (χ4n) is 2.37. The van der Waals surface area contributed by atoms with Gasteiger partial charge in [-0.1, -0.05) is 0 Å². The number of halogens is 1. The lowest BCUT2D eigenvalue weighted by Crippen LogP contribution is -2.39. The van der Waals surface area contributed by atoms with Crippen molar-refractivity contribution < 1.29 is 14.3 Å². The molecule has 0 radical (unpaired) electrons. The molecule has 1 rings (SSSR count). The summed E-state index contributed by atoms with van der Waals surface area (Å²) in [5.41, 5.74) is 0. The molecule has 148 valence electrons. The van der Waals surface area contributed by atoms with Gasteiger partial charge in [0, 0.05) is 66.6 Å². The van der Waals surface area contributed by atoms with Gasteiger partial charge in [-0.2, -0.15) is 0 Å². The minimum Gasteiger partial charge on any atom is -0.381 e. The van der Waals surface area contributed by atoms with E-state index in [-0.39, 0.29) is 29.9 Å². The first kappa shape index (κ1) is 24.4. The lowest BCUT2D eigenvalue weighted by Gasteiger charge is -2.21. The molecule has 7 nitrogen and oxygen atoms in total. The highest BCUT2D eigenvalue weighted by Crippen LogP contribution is 2.14. The number of nitrogens with one attached hydrogen (secondary N) is 2. The number of hydrogen-bond donors (Lipinski definition) is 2. The molecule has 0 atom stereocenters. The lowest BCUT2D eigenvalue weighted by molar-refractivity contribution is -0.128. The van der Waals surface area contributed by atoms with Crippen LogP contribution in [0.3, 0.4) is 0 Å². The SMILES string of the molecule is CCNC(=NCCCOCC1CCOCC1)NCCC(=O)N(C)C.I. The average molecular weight is 470 g/mol. The van der Waals surface area contributed by atoms with E-state index in [1.807, 2.05) is 6.92 Å². The van der Waals surface area contributed by atoms with Crippen LogP contribution in [0.4, 0.5) is 0 Å². The van der Waals surface area contributed by atoms with Gasteiger partial charge in [-0.3, -0.25) is 9.79 Å². The van der Waals surface area contributed by atoms with E-state index in [9.17, 15) is 4.79 Å². The summed E-state index contributed by atoms with van der Waals surface area (Å²) in [7, 11) is 3.53. The molecule has 0 aromatic carbocycles. The van der Waals surface area contributed by atoms with E-state index >= 15 is 0 Å². The molecule has 0 aromatic heterocycles. The minimum atomic E-state index is 0. The summed E-state index contributed by atoms with van der Waals surface area (Å²) in [6.45, 7) is 7.43. The Morgan fingerprint density at radius 2 is 2.00 bits per heavy atom. The topological polar surface area (TPSA) is 75.2 Å². The molecule has 1 amide bonds. The molecular weight excluding hydrogens is 435 g/mol. The Bertz CT molecular complexity index is 375. The highest BCUT2D eigenvalue weighted by atomic mass is 127. The maximum absolute atomic E-state index is 11.5. The van der Waals surface area contributed by atoms with Gasteiger partial charge in [-0.15, -0.1) is 24.0 Å². The zero-order valence-corrected chi connectivity index (χ0v) is 18.2. The van der Waals surface area contributed by atoms with Crippen LogP contribution < -0.4 is 10.6 Å². The lowest BCUT2D eigenvalue weighted by atomic mass is 10.0. The van der Waals surface area contributed by atoms with Crippen LogP contribution in [0.2, 0.25) is 0 Å². The molecule has 0 saturated carbocycles. The van der Waals surface area contributed by atoms with Gasteiger partial charge in [0.2, 0.25) is 5.91 Å². The molecule has 0 bridgehead atoms. The number of rotatable bonds is 10. The van der Waals surface area contributed by atoms with Crippen LogP contribution in [0.15, 0.2) is 4.99 Å². The summed E-state index contributed by atoms with van der Waals surface area (Å²) in [5.74, 6) is 1.52. The van der Waals surface area contributed by atoms with E-state index in [0.29, 0.717) is 25.4 Å². The molecule has 8 heteroatoms. The average Bonchev–Trinajstić information content (AvgIpc) is 2.58. The third kappa shape index (κ3) is 12.4. The highest BCUT2D eigenvalue weighted by molar-refractivity contribution is 14.0. The van der Waals surface area contributed by atoms with Crippen LogP contribution in [-0.4, -0.2) is 76.9 Å². The number of hydrogen-bond acceptors (Lipinski definition) is 4. The van der Waals surface area contributed by atoms with E-state index in [2.05, 4.69) is 15.6 Å². The Morgan fingerprint density at radius 3 is 2.64 bits per heavy atom. The molecule has 25 heavy (non-hydrogen) atoms. The van der Waals surface area contributed by atoms with E-state index in [1.165, 1.54) is 0 Å². The standard InChI is InChI=1S/C17H34N4O3.HI/c1-4-18-17(20-10-6-16(22)21(2)3)19-9-5-11-24-14-15-7-12-23-13-8-15;/h15H,4-14H2,1-3H3,(H2,18,19,20);1H. The van der Waals surface area contributed by atoms with Crippen LogP contribution in [0.5, 0.6) is 0 Å². The van der Waals surface area contributed by atoms with Crippen molar-refractivity contribution in [2.24, 2.45) is 10.9 Å². The summed E-state index contributed by atoms with van der Waals surface area (Å²) >= 11 is 0. The number of carbonyl (C=O) groups excluding carboxylic acids is 1. The first-order valence-corrected chi connectivity index (χ1v) is 9.01. The molecule has 0 unspecified atom stereocenters. The van der Waals surface area contributed by atoms with Crippen molar-refractivity contribution in [3.05, 3.63) is 0 Å². The molecule has 1 fully saturated rings. The van der Waals surface area contributed by atoms with Gasteiger partial charge in [-0.25, -0.2) is 0 Å². The van der Waals surface area contributed by atoms with Crippen LogP contribution in [0, 0.1) is 5.92 Å². The normalized spacial score (nSPS) is 15.4. The van der Waals surface area contributed by atoms with Crippen LogP contribution >= 0.6 is 24.0 Å². The van der Waals surface area contributed by atoms with Crippen molar-refractivity contribution in [2.45, 2.75) is 32.6 Å². The quantitative estimate of drug-likeness (QED) is 0.219. The second-order valence-electron chi connectivity index (χ2n) is 6.21. The monoisotopic (exact) mass is 470 g/mol. The summed E-state index contributed by atoms with van der Waals surface area (Å²) < 4.78 is 11.1. The van der Waals surface area contributed by atoms with Gasteiger partial charge in [0.15, 0.2) is 5.96 Å². The van der Waals surface area contributed by atoms with E-state index < -0.39 is 0 Å². The number of aliphatic imine (C=N–C) groups is 1. The minimum absolute atomic E-state index is 0. The maximum Gasteiger partial charge on any atom is 0.223 e. The number of ether oxygens (including phenoxy) is 2. The van der Waals surface area contributed by atoms with E-state index in [4.69, 9.17) is 9.47 Å². The highest BCUT2D eigenvalue weighted by Gasteiger charge is 2.13. The first-order chi connectivity index (χ1) is 11.6. The molecule has 1 aliphatic rings. The zero-order chi connectivity index (χ0) is 17.6. The number of guanidine groups is 1. The molecule has 0 aliphatic carbocycles.